The largest absolute Gasteiger partial charge is 0.464 e. The summed E-state index contributed by atoms with van der Waals surface area (Å²) in [5.74, 6) is -0.333. The van der Waals surface area contributed by atoms with E-state index in [1.807, 2.05) is 27.7 Å². The van der Waals surface area contributed by atoms with Gasteiger partial charge in [-0.05, 0) is 18.8 Å². The maximum atomic E-state index is 12.1. The van der Waals surface area contributed by atoms with Crippen LogP contribution < -0.4 is 5.73 Å². The Kier molecular flexibility index (Phi) is 7.59. The van der Waals surface area contributed by atoms with Gasteiger partial charge in [-0.3, -0.25) is 4.79 Å². The Morgan fingerprint density at radius 3 is 1.89 bits per heavy atom. The fourth-order valence-corrected chi connectivity index (χ4v) is 1.67. The van der Waals surface area contributed by atoms with Crippen LogP contribution in [0.25, 0.3) is 0 Å². The van der Waals surface area contributed by atoms with Gasteiger partial charge in [-0.15, -0.1) is 0 Å². The third-order valence-corrected chi connectivity index (χ3v) is 2.29. The van der Waals surface area contributed by atoms with Crippen molar-refractivity contribution in [1.82, 2.24) is 4.90 Å². The molecule has 0 rings (SSSR count). The molecule has 0 aromatic carbocycles. The third kappa shape index (κ3) is 6.00. The van der Waals surface area contributed by atoms with E-state index in [1.54, 1.807) is 11.8 Å². The number of hydrogen-bond acceptors (Lipinski definition) is 4. The van der Waals surface area contributed by atoms with Gasteiger partial charge < -0.3 is 15.4 Å². The summed E-state index contributed by atoms with van der Waals surface area (Å²) < 4.78 is 4.77. The molecule has 106 valence electrons. The van der Waals surface area contributed by atoms with E-state index in [1.165, 1.54) is 0 Å². The maximum absolute atomic E-state index is 12.1. The molecule has 0 saturated heterocycles. The third-order valence-electron chi connectivity index (χ3n) is 2.29. The molecule has 18 heavy (non-hydrogen) atoms. The first kappa shape index (κ1) is 16.9. The quantitative estimate of drug-likeness (QED) is 0.546. The molecule has 0 aromatic rings. The number of amides is 1. The molecule has 0 saturated carbocycles. The van der Waals surface area contributed by atoms with Crippen molar-refractivity contribution in [2.75, 3.05) is 19.7 Å². The van der Waals surface area contributed by atoms with Crippen LogP contribution in [0.3, 0.4) is 0 Å². The van der Waals surface area contributed by atoms with E-state index in [0.29, 0.717) is 24.9 Å². The van der Waals surface area contributed by atoms with Gasteiger partial charge in [-0.25, -0.2) is 4.79 Å². The molecule has 1 amide bonds. The number of esters is 1. The predicted octanol–water partition coefficient (Wildman–Crippen LogP) is 1.02. The van der Waals surface area contributed by atoms with Gasteiger partial charge in [-0.2, -0.15) is 0 Å². The number of nitrogens with zero attached hydrogens (tertiary/aromatic N) is 1. The second-order valence-corrected chi connectivity index (χ2v) is 5.26. The molecule has 0 aromatic heterocycles. The van der Waals surface area contributed by atoms with E-state index in [0.717, 1.165) is 0 Å². The average molecular weight is 258 g/mol. The highest BCUT2D eigenvalue weighted by atomic mass is 16.5. The minimum atomic E-state index is -1.21. The molecule has 0 aliphatic carbocycles. The van der Waals surface area contributed by atoms with E-state index in [4.69, 9.17) is 10.5 Å². The van der Waals surface area contributed by atoms with Gasteiger partial charge in [0.25, 0.3) is 5.91 Å². The summed E-state index contributed by atoms with van der Waals surface area (Å²) in [6.07, 6.45) is 0. The lowest BCUT2D eigenvalue weighted by Crippen LogP contribution is -2.50. The van der Waals surface area contributed by atoms with E-state index in [9.17, 15) is 9.59 Å². The van der Waals surface area contributed by atoms with Crippen molar-refractivity contribution in [3.05, 3.63) is 0 Å². The fourth-order valence-electron chi connectivity index (χ4n) is 1.67. The van der Waals surface area contributed by atoms with Gasteiger partial charge in [0.05, 0.1) is 6.61 Å². The smallest absolute Gasteiger partial charge is 0.332 e. The van der Waals surface area contributed by atoms with Crippen LogP contribution >= 0.6 is 0 Å². The van der Waals surface area contributed by atoms with Crippen molar-refractivity contribution in [1.29, 1.82) is 0 Å². The van der Waals surface area contributed by atoms with Gasteiger partial charge in [0.15, 0.2) is 6.04 Å². The van der Waals surface area contributed by atoms with Crippen molar-refractivity contribution < 1.29 is 14.3 Å². The normalized spacial score (nSPS) is 12.7. The Morgan fingerprint density at radius 1 is 1.11 bits per heavy atom. The van der Waals surface area contributed by atoms with Crippen LogP contribution in [-0.2, 0) is 14.3 Å². The Hall–Kier alpha value is -1.10. The topological polar surface area (TPSA) is 72.6 Å². The van der Waals surface area contributed by atoms with Crippen LogP contribution in [0, 0.1) is 11.8 Å². The van der Waals surface area contributed by atoms with Crippen LogP contribution in [0.2, 0.25) is 0 Å². The Morgan fingerprint density at radius 2 is 1.56 bits per heavy atom. The van der Waals surface area contributed by atoms with Gasteiger partial charge >= 0.3 is 5.97 Å². The SMILES string of the molecule is CCOC(=O)C(N)C(=O)N(CC(C)C)CC(C)C. The lowest BCUT2D eigenvalue weighted by Gasteiger charge is -2.28. The first-order valence-corrected chi connectivity index (χ1v) is 6.50. The van der Waals surface area contributed by atoms with Crippen LogP contribution in [0.5, 0.6) is 0 Å². The average Bonchev–Trinajstić information content (AvgIpc) is 2.25. The second kappa shape index (κ2) is 8.08. The minimum Gasteiger partial charge on any atom is -0.464 e. The minimum absolute atomic E-state index is 0.230. The highest BCUT2D eigenvalue weighted by Gasteiger charge is 2.28. The molecular weight excluding hydrogens is 232 g/mol. The van der Waals surface area contributed by atoms with Crippen LogP contribution in [0.15, 0.2) is 0 Å². The van der Waals surface area contributed by atoms with E-state index in [-0.39, 0.29) is 12.5 Å². The first-order valence-electron chi connectivity index (χ1n) is 6.50. The van der Waals surface area contributed by atoms with Gasteiger partial charge in [-0.1, -0.05) is 27.7 Å². The van der Waals surface area contributed by atoms with Crippen molar-refractivity contribution in [3.8, 4) is 0 Å². The monoisotopic (exact) mass is 258 g/mol. The van der Waals surface area contributed by atoms with Gasteiger partial charge in [0.1, 0.15) is 0 Å². The Bertz CT molecular complexity index is 267. The lowest BCUT2D eigenvalue weighted by atomic mass is 10.1. The summed E-state index contributed by atoms with van der Waals surface area (Å²) in [5, 5.41) is 0. The molecule has 0 radical (unpaired) electrons. The number of carbonyl (C=O) groups is 2. The molecule has 0 aliphatic heterocycles. The summed E-state index contributed by atoms with van der Waals surface area (Å²) in [6, 6.07) is -1.21. The molecule has 2 N–H and O–H groups in total. The van der Waals surface area contributed by atoms with Gasteiger partial charge in [0, 0.05) is 13.1 Å². The fraction of sp³-hybridized carbons (Fsp3) is 0.846. The highest BCUT2D eigenvalue weighted by Crippen LogP contribution is 2.06. The maximum Gasteiger partial charge on any atom is 0.332 e. The first-order chi connectivity index (χ1) is 8.29. The van der Waals surface area contributed by atoms with Crippen molar-refractivity contribution in [3.63, 3.8) is 0 Å². The van der Waals surface area contributed by atoms with Crippen LogP contribution in [-0.4, -0.2) is 42.5 Å². The number of nitrogens with two attached hydrogens (primary N) is 1. The number of rotatable bonds is 7. The molecule has 0 fully saturated rings. The Labute approximate surface area is 110 Å². The zero-order valence-corrected chi connectivity index (χ0v) is 12.1. The number of ether oxygens (including phenoxy) is 1. The Balaban J connectivity index is 4.67. The summed E-state index contributed by atoms with van der Waals surface area (Å²) in [4.78, 5) is 25.2. The summed E-state index contributed by atoms with van der Waals surface area (Å²) in [7, 11) is 0. The number of carbonyl (C=O) groups excluding carboxylic acids is 2. The second-order valence-electron chi connectivity index (χ2n) is 5.26. The lowest BCUT2D eigenvalue weighted by molar-refractivity contribution is -0.151. The van der Waals surface area contributed by atoms with Crippen molar-refractivity contribution >= 4 is 11.9 Å². The molecule has 5 nitrogen and oxygen atoms in total. The van der Waals surface area contributed by atoms with Crippen LogP contribution in [0.4, 0.5) is 0 Å². The molecule has 0 heterocycles. The van der Waals surface area contributed by atoms with Gasteiger partial charge in [0.2, 0.25) is 0 Å². The molecule has 1 atom stereocenters. The highest BCUT2D eigenvalue weighted by molar-refractivity contribution is 6.01. The summed E-state index contributed by atoms with van der Waals surface area (Å²) in [5.41, 5.74) is 5.63. The summed E-state index contributed by atoms with van der Waals surface area (Å²) in [6.45, 7) is 11.2. The summed E-state index contributed by atoms with van der Waals surface area (Å²) >= 11 is 0. The van der Waals surface area contributed by atoms with Crippen LogP contribution in [0.1, 0.15) is 34.6 Å². The zero-order chi connectivity index (χ0) is 14.3. The zero-order valence-electron chi connectivity index (χ0n) is 12.1. The van der Waals surface area contributed by atoms with E-state index >= 15 is 0 Å². The van der Waals surface area contributed by atoms with E-state index in [2.05, 4.69) is 0 Å². The molecule has 5 heteroatoms. The standard InChI is InChI=1S/C13H26N2O3/c1-6-18-13(17)11(14)12(16)15(7-9(2)3)8-10(4)5/h9-11H,6-8,14H2,1-5H3. The van der Waals surface area contributed by atoms with Crippen molar-refractivity contribution in [2.24, 2.45) is 17.6 Å². The molecular formula is C13H26N2O3. The predicted molar refractivity (Wildman–Crippen MR) is 70.9 cm³/mol. The number of hydrogen-bond donors (Lipinski definition) is 1. The molecule has 0 bridgehead atoms. The molecule has 0 spiro atoms. The molecule has 0 aliphatic rings. The molecule has 1 unspecified atom stereocenters. The van der Waals surface area contributed by atoms with Crippen molar-refractivity contribution in [2.45, 2.75) is 40.7 Å². The van der Waals surface area contributed by atoms with E-state index < -0.39 is 12.0 Å².